The van der Waals surface area contributed by atoms with Crippen molar-refractivity contribution in [3.05, 3.63) is 12.2 Å². The van der Waals surface area contributed by atoms with Gasteiger partial charge >= 0.3 is 0 Å². The van der Waals surface area contributed by atoms with Gasteiger partial charge in [-0.1, -0.05) is 40.2 Å². The molecule has 0 radical (unpaired) electrons. The maximum atomic E-state index is 13.5. The molecule has 0 amide bonds. The molecule has 14 heavy (non-hydrogen) atoms. The van der Waals surface area contributed by atoms with Crippen molar-refractivity contribution in [3.8, 4) is 0 Å². The normalized spacial score (nSPS) is 17.5. The van der Waals surface area contributed by atoms with E-state index in [0.717, 1.165) is 12.8 Å². The maximum absolute atomic E-state index is 13.5. The standard InChI is InChI=1S/C12H22F2/c1-5-7-8-12(14)10(4)9(3)11(13)6-2/h10-12H,3,5-8H2,1-2,4H3. The Morgan fingerprint density at radius 1 is 1.29 bits per heavy atom. The molecule has 0 spiro atoms. The van der Waals surface area contributed by atoms with E-state index in [1.807, 2.05) is 6.92 Å². The van der Waals surface area contributed by atoms with Gasteiger partial charge in [-0.05, 0) is 18.4 Å². The van der Waals surface area contributed by atoms with Gasteiger partial charge in [-0.2, -0.15) is 0 Å². The number of unbranched alkanes of at least 4 members (excludes halogenated alkanes) is 1. The summed E-state index contributed by atoms with van der Waals surface area (Å²) in [7, 11) is 0. The zero-order valence-corrected chi connectivity index (χ0v) is 9.52. The van der Waals surface area contributed by atoms with Crippen molar-refractivity contribution in [1.29, 1.82) is 0 Å². The van der Waals surface area contributed by atoms with Gasteiger partial charge in [-0.25, -0.2) is 8.78 Å². The average Bonchev–Trinajstić information content (AvgIpc) is 2.22. The number of alkyl halides is 2. The molecule has 0 bridgehead atoms. The zero-order chi connectivity index (χ0) is 11.1. The number of hydrogen-bond donors (Lipinski definition) is 0. The molecule has 0 aliphatic rings. The van der Waals surface area contributed by atoms with Crippen LogP contribution in [0.25, 0.3) is 0 Å². The third-order valence-electron chi connectivity index (χ3n) is 2.72. The monoisotopic (exact) mass is 204 g/mol. The summed E-state index contributed by atoms with van der Waals surface area (Å²) in [5.74, 6) is -0.350. The maximum Gasteiger partial charge on any atom is 0.121 e. The first-order chi connectivity index (χ1) is 6.54. The Bertz CT molecular complexity index is 166. The molecular weight excluding hydrogens is 182 g/mol. The van der Waals surface area contributed by atoms with Gasteiger partial charge in [0.15, 0.2) is 0 Å². The van der Waals surface area contributed by atoms with Crippen LogP contribution >= 0.6 is 0 Å². The molecule has 0 aromatic heterocycles. The van der Waals surface area contributed by atoms with Crippen LogP contribution in [-0.4, -0.2) is 12.3 Å². The highest BCUT2D eigenvalue weighted by Gasteiger charge is 2.23. The summed E-state index contributed by atoms with van der Waals surface area (Å²) in [6.07, 6.45) is 0.766. The Morgan fingerprint density at radius 2 is 1.86 bits per heavy atom. The lowest BCUT2D eigenvalue weighted by molar-refractivity contribution is 0.223. The third kappa shape index (κ3) is 4.21. The minimum Gasteiger partial charge on any atom is -0.247 e. The lowest BCUT2D eigenvalue weighted by atomic mass is 9.90. The van der Waals surface area contributed by atoms with Crippen LogP contribution in [0.15, 0.2) is 12.2 Å². The van der Waals surface area contributed by atoms with E-state index in [0.29, 0.717) is 18.4 Å². The summed E-state index contributed by atoms with van der Waals surface area (Å²) in [4.78, 5) is 0. The van der Waals surface area contributed by atoms with Crippen LogP contribution in [0.3, 0.4) is 0 Å². The van der Waals surface area contributed by atoms with Crippen LogP contribution in [0, 0.1) is 5.92 Å². The van der Waals surface area contributed by atoms with Crippen LogP contribution < -0.4 is 0 Å². The molecule has 0 fully saturated rings. The summed E-state index contributed by atoms with van der Waals surface area (Å²) in [5, 5.41) is 0. The predicted octanol–water partition coefficient (Wildman–Crippen LogP) is 4.46. The number of hydrogen-bond acceptors (Lipinski definition) is 0. The van der Waals surface area contributed by atoms with E-state index in [9.17, 15) is 8.78 Å². The summed E-state index contributed by atoms with van der Waals surface area (Å²) in [6.45, 7) is 9.14. The molecule has 3 atom stereocenters. The molecule has 0 saturated heterocycles. The highest BCUT2D eigenvalue weighted by molar-refractivity contribution is 5.07. The van der Waals surface area contributed by atoms with Crippen molar-refractivity contribution >= 4 is 0 Å². The largest absolute Gasteiger partial charge is 0.247 e. The fourth-order valence-corrected chi connectivity index (χ4v) is 1.43. The van der Waals surface area contributed by atoms with Crippen LogP contribution in [0.1, 0.15) is 46.5 Å². The molecule has 2 heteroatoms. The van der Waals surface area contributed by atoms with E-state index in [4.69, 9.17) is 0 Å². The lowest BCUT2D eigenvalue weighted by Crippen LogP contribution is -2.20. The first kappa shape index (κ1) is 13.6. The summed E-state index contributed by atoms with van der Waals surface area (Å²) >= 11 is 0. The van der Waals surface area contributed by atoms with Crippen molar-refractivity contribution in [1.82, 2.24) is 0 Å². The number of halogens is 2. The van der Waals surface area contributed by atoms with Crippen molar-refractivity contribution in [2.24, 2.45) is 5.92 Å². The van der Waals surface area contributed by atoms with Crippen LogP contribution in [-0.2, 0) is 0 Å². The molecule has 0 aliphatic heterocycles. The minimum absolute atomic E-state index is 0.350. The highest BCUT2D eigenvalue weighted by atomic mass is 19.1. The number of rotatable bonds is 7. The Balaban J connectivity index is 4.03. The second kappa shape index (κ2) is 6.97. The number of allylic oxidation sites excluding steroid dienone is 1. The zero-order valence-electron chi connectivity index (χ0n) is 9.52. The first-order valence-corrected chi connectivity index (χ1v) is 5.51. The third-order valence-corrected chi connectivity index (χ3v) is 2.72. The quantitative estimate of drug-likeness (QED) is 0.537. The molecular formula is C12H22F2. The Kier molecular flexibility index (Phi) is 6.77. The molecule has 0 heterocycles. The molecule has 3 unspecified atom stereocenters. The van der Waals surface area contributed by atoms with Crippen molar-refractivity contribution in [2.45, 2.75) is 58.8 Å². The van der Waals surface area contributed by atoms with Crippen molar-refractivity contribution < 1.29 is 8.78 Å². The highest BCUT2D eigenvalue weighted by Crippen LogP contribution is 2.25. The molecule has 84 valence electrons. The Hall–Kier alpha value is -0.400. The van der Waals surface area contributed by atoms with Gasteiger partial charge in [-0.3, -0.25) is 0 Å². The van der Waals surface area contributed by atoms with Gasteiger partial charge in [-0.15, -0.1) is 0 Å². The summed E-state index contributed by atoms with van der Waals surface area (Å²) in [5.41, 5.74) is 0.413. The van der Waals surface area contributed by atoms with Crippen LogP contribution in [0.5, 0.6) is 0 Å². The SMILES string of the molecule is C=C(C(F)CC)C(C)C(F)CCCC. The molecule has 0 rings (SSSR count). The van der Waals surface area contributed by atoms with Crippen LogP contribution in [0.2, 0.25) is 0 Å². The van der Waals surface area contributed by atoms with Gasteiger partial charge in [0.2, 0.25) is 0 Å². The molecule has 0 nitrogen and oxygen atoms in total. The molecule has 0 saturated carbocycles. The van der Waals surface area contributed by atoms with Gasteiger partial charge < -0.3 is 0 Å². The van der Waals surface area contributed by atoms with E-state index in [1.165, 1.54) is 0 Å². The van der Waals surface area contributed by atoms with Crippen molar-refractivity contribution in [3.63, 3.8) is 0 Å². The predicted molar refractivity (Wildman–Crippen MR) is 57.9 cm³/mol. The first-order valence-electron chi connectivity index (χ1n) is 5.51. The van der Waals surface area contributed by atoms with Crippen LogP contribution in [0.4, 0.5) is 8.78 Å². The Labute approximate surface area is 86.4 Å². The van der Waals surface area contributed by atoms with E-state index in [-0.39, 0.29) is 5.92 Å². The van der Waals surface area contributed by atoms with Gasteiger partial charge in [0.1, 0.15) is 12.3 Å². The van der Waals surface area contributed by atoms with E-state index in [1.54, 1.807) is 13.8 Å². The van der Waals surface area contributed by atoms with Gasteiger partial charge in [0.25, 0.3) is 0 Å². The minimum atomic E-state index is -1.05. The van der Waals surface area contributed by atoms with E-state index >= 15 is 0 Å². The molecule has 0 N–H and O–H groups in total. The van der Waals surface area contributed by atoms with Gasteiger partial charge in [0.05, 0.1) is 0 Å². The lowest BCUT2D eigenvalue weighted by Gasteiger charge is -2.21. The fraction of sp³-hybridized carbons (Fsp3) is 0.833. The fourth-order valence-electron chi connectivity index (χ4n) is 1.43. The molecule has 0 aromatic rings. The van der Waals surface area contributed by atoms with Crippen molar-refractivity contribution in [2.75, 3.05) is 0 Å². The smallest absolute Gasteiger partial charge is 0.121 e. The van der Waals surface area contributed by atoms with Gasteiger partial charge in [0, 0.05) is 5.92 Å². The summed E-state index contributed by atoms with van der Waals surface area (Å²) < 4.78 is 26.7. The van der Waals surface area contributed by atoms with E-state index < -0.39 is 12.3 Å². The topological polar surface area (TPSA) is 0 Å². The Morgan fingerprint density at radius 3 is 2.29 bits per heavy atom. The van der Waals surface area contributed by atoms with E-state index in [2.05, 4.69) is 6.58 Å². The second-order valence-corrected chi connectivity index (χ2v) is 3.90. The summed E-state index contributed by atoms with van der Waals surface area (Å²) in [6, 6.07) is 0. The average molecular weight is 204 g/mol. The second-order valence-electron chi connectivity index (χ2n) is 3.90. The molecule has 0 aromatic carbocycles. The molecule has 0 aliphatic carbocycles.